The number of rotatable bonds is 3. The number of carbonyl (C=O) groups excluding carboxylic acids is 2. The predicted octanol–water partition coefficient (Wildman–Crippen LogP) is 2.56. The summed E-state index contributed by atoms with van der Waals surface area (Å²) in [6.45, 7) is 0.666. The van der Waals surface area contributed by atoms with Crippen LogP contribution in [0.25, 0.3) is 0 Å². The van der Waals surface area contributed by atoms with Gasteiger partial charge in [-0.2, -0.15) is 0 Å². The first kappa shape index (κ1) is 18.9. The van der Waals surface area contributed by atoms with Gasteiger partial charge in [0.2, 0.25) is 18.6 Å². The number of nitrogens with one attached hydrogen (secondary N) is 1. The molecule has 0 saturated carbocycles. The van der Waals surface area contributed by atoms with Gasteiger partial charge >= 0.3 is 0 Å². The van der Waals surface area contributed by atoms with Crippen LogP contribution in [-0.2, 0) is 28.5 Å². The monoisotopic (exact) mass is 430 g/mol. The van der Waals surface area contributed by atoms with Gasteiger partial charge in [-0.25, -0.2) is 4.98 Å². The fourth-order valence-corrected chi connectivity index (χ4v) is 5.28. The predicted molar refractivity (Wildman–Crippen MR) is 115 cm³/mol. The van der Waals surface area contributed by atoms with Gasteiger partial charge in [-0.15, -0.1) is 0 Å². The number of hydrogen-bond donors (Lipinski definition) is 1. The Hall–Kier alpha value is -3.81. The van der Waals surface area contributed by atoms with Gasteiger partial charge < -0.3 is 24.3 Å². The highest BCUT2D eigenvalue weighted by Gasteiger charge is 2.60. The van der Waals surface area contributed by atoms with Crippen LogP contribution in [0.15, 0.2) is 54.9 Å². The minimum atomic E-state index is -0.861. The molecule has 8 heteroatoms. The third-order valence-electron chi connectivity index (χ3n) is 6.80. The van der Waals surface area contributed by atoms with Gasteiger partial charge in [-0.3, -0.25) is 9.59 Å². The number of aryl methyl sites for hydroxylation is 1. The van der Waals surface area contributed by atoms with Gasteiger partial charge in [0, 0.05) is 31.7 Å². The number of ether oxygens (including phenoxy) is 2. The molecular weight excluding hydrogens is 408 g/mol. The molecule has 0 unspecified atom stereocenters. The fraction of sp³-hybridized carbons (Fsp3) is 0.292. The third-order valence-corrected chi connectivity index (χ3v) is 6.80. The van der Waals surface area contributed by atoms with Crippen molar-refractivity contribution in [1.29, 1.82) is 0 Å². The van der Waals surface area contributed by atoms with Crippen LogP contribution in [0.4, 0.5) is 5.69 Å². The second-order valence-corrected chi connectivity index (χ2v) is 8.47. The van der Waals surface area contributed by atoms with Gasteiger partial charge in [-0.05, 0) is 35.7 Å². The third kappa shape index (κ3) is 2.58. The Morgan fingerprint density at radius 1 is 1.22 bits per heavy atom. The Balaban J connectivity index is 1.40. The normalized spacial score (nSPS) is 23.0. The van der Waals surface area contributed by atoms with Gasteiger partial charge in [-0.1, -0.05) is 24.3 Å². The highest BCUT2D eigenvalue weighted by atomic mass is 16.7. The van der Waals surface area contributed by atoms with E-state index in [0.29, 0.717) is 30.3 Å². The highest BCUT2D eigenvalue weighted by Crippen LogP contribution is 2.54. The zero-order valence-electron chi connectivity index (χ0n) is 17.6. The smallest absolute Gasteiger partial charge is 0.237 e. The second-order valence-electron chi connectivity index (χ2n) is 8.47. The van der Waals surface area contributed by atoms with Crippen molar-refractivity contribution in [3.63, 3.8) is 0 Å². The number of fused-ring (bicyclic) bond motifs is 3. The van der Waals surface area contributed by atoms with E-state index in [1.165, 1.54) is 0 Å². The second kappa shape index (κ2) is 6.85. The summed E-state index contributed by atoms with van der Waals surface area (Å²) in [6.07, 6.45) is 4.30. The zero-order valence-corrected chi connectivity index (χ0v) is 17.6. The number of nitrogens with zero attached hydrogens (tertiary/aromatic N) is 3. The first-order valence-corrected chi connectivity index (χ1v) is 10.6. The summed E-state index contributed by atoms with van der Waals surface area (Å²) in [5.41, 5.74) is 1.72. The van der Waals surface area contributed by atoms with Crippen molar-refractivity contribution in [2.45, 2.75) is 24.3 Å². The summed E-state index contributed by atoms with van der Waals surface area (Å²) >= 11 is 0. The van der Waals surface area contributed by atoms with Crippen molar-refractivity contribution in [2.75, 3.05) is 18.7 Å². The first-order chi connectivity index (χ1) is 15.6. The van der Waals surface area contributed by atoms with Crippen LogP contribution in [-0.4, -0.2) is 39.6 Å². The van der Waals surface area contributed by atoms with Gasteiger partial charge in [0.05, 0.1) is 6.42 Å². The lowest BCUT2D eigenvalue weighted by Gasteiger charge is -2.33. The van der Waals surface area contributed by atoms with Gasteiger partial charge in [0.1, 0.15) is 17.3 Å². The molecule has 1 fully saturated rings. The number of benzene rings is 2. The molecule has 1 spiro atoms. The average Bonchev–Trinajstić information content (AvgIpc) is 3.55. The summed E-state index contributed by atoms with van der Waals surface area (Å²) in [5.74, 6) is 1.91. The molecule has 3 aliphatic rings. The van der Waals surface area contributed by atoms with Crippen LogP contribution in [0.5, 0.6) is 11.5 Å². The summed E-state index contributed by atoms with van der Waals surface area (Å²) < 4.78 is 12.7. The van der Waals surface area contributed by atoms with Crippen LogP contribution < -0.4 is 14.8 Å². The molecule has 1 aromatic heterocycles. The molecular formula is C24H22N4O4. The van der Waals surface area contributed by atoms with E-state index in [1.807, 2.05) is 65.2 Å². The molecule has 32 heavy (non-hydrogen) atoms. The quantitative estimate of drug-likeness (QED) is 0.690. The van der Waals surface area contributed by atoms with E-state index in [9.17, 15) is 9.59 Å². The van der Waals surface area contributed by atoms with Crippen molar-refractivity contribution in [3.05, 3.63) is 71.8 Å². The summed E-state index contributed by atoms with van der Waals surface area (Å²) in [6, 6.07) is 12.8. The first-order valence-electron chi connectivity index (χ1n) is 10.6. The molecule has 162 valence electrons. The van der Waals surface area contributed by atoms with Gasteiger partial charge in [0.15, 0.2) is 11.5 Å². The molecule has 3 aromatic rings. The largest absolute Gasteiger partial charge is 0.454 e. The number of carbonyl (C=O) groups is 2. The number of anilines is 1. The molecule has 8 nitrogen and oxygen atoms in total. The van der Waals surface area contributed by atoms with Crippen molar-refractivity contribution in [3.8, 4) is 11.5 Å². The van der Waals surface area contributed by atoms with E-state index in [0.717, 1.165) is 16.8 Å². The number of imidazole rings is 1. The molecule has 1 saturated heterocycles. The standard InChI is InChI=1S/C24H22N4O4/c1-27-11-9-25-22(27)21-24(16-4-2-3-5-17(16)26-23(24)30)8-10-28(21)20(29)13-15-6-7-18-19(12-15)32-14-31-18/h2-7,9,11-12,21H,8,10,13-14H2,1H3,(H,26,30)/t21-,24+/m0/s1. The van der Waals surface area contributed by atoms with E-state index in [2.05, 4.69) is 10.3 Å². The molecule has 2 aromatic carbocycles. The lowest BCUT2D eigenvalue weighted by Crippen LogP contribution is -2.44. The number of hydrogen-bond acceptors (Lipinski definition) is 5. The average molecular weight is 430 g/mol. The summed E-state index contributed by atoms with van der Waals surface area (Å²) in [4.78, 5) is 33.4. The fourth-order valence-electron chi connectivity index (χ4n) is 5.28. The molecule has 3 aliphatic heterocycles. The number of likely N-dealkylation sites (tertiary alicyclic amines) is 1. The van der Waals surface area contributed by atoms with Crippen LogP contribution >= 0.6 is 0 Å². The van der Waals surface area contributed by atoms with E-state index in [1.54, 1.807) is 6.20 Å². The molecule has 4 heterocycles. The van der Waals surface area contributed by atoms with Crippen LogP contribution in [0.3, 0.4) is 0 Å². The van der Waals surface area contributed by atoms with Gasteiger partial charge in [0.25, 0.3) is 0 Å². The maximum atomic E-state index is 13.6. The van der Waals surface area contributed by atoms with Crippen LogP contribution in [0.2, 0.25) is 0 Å². The molecule has 6 rings (SSSR count). The number of aromatic nitrogens is 2. The Labute approximate surface area is 184 Å². The van der Waals surface area contributed by atoms with Crippen molar-refractivity contribution < 1.29 is 19.1 Å². The van der Waals surface area contributed by atoms with Crippen LogP contribution in [0, 0.1) is 0 Å². The number of amides is 2. The summed E-state index contributed by atoms with van der Waals surface area (Å²) in [7, 11) is 1.90. The SMILES string of the molecule is Cn1ccnc1[C@@H]1N(C(=O)Cc2ccc3c(c2)OCO3)CC[C@]12C(=O)Nc1ccccc12. The molecule has 0 aliphatic carbocycles. The number of para-hydroxylation sites is 1. The zero-order chi connectivity index (χ0) is 21.9. The maximum absolute atomic E-state index is 13.6. The minimum Gasteiger partial charge on any atom is -0.454 e. The van der Waals surface area contributed by atoms with E-state index in [-0.39, 0.29) is 25.0 Å². The highest BCUT2D eigenvalue weighted by molar-refractivity contribution is 6.07. The lowest BCUT2D eigenvalue weighted by atomic mass is 9.74. The molecule has 2 amide bonds. The van der Waals surface area contributed by atoms with E-state index >= 15 is 0 Å². The lowest BCUT2D eigenvalue weighted by molar-refractivity contribution is -0.133. The molecule has 0 radical (unpaired) electrons. The Morgan fingerprint density at radius 2 is 2.06 bits per heavy atom. The minimum absolute atomic E-state index is 0.0501. The van der Waals surface area contributed by atoms with Crippen molar-refractivity contribution >= 4 is 17.5 Å². The summed E-state index contributed by atoms with van der Waals surface area (Å²) in [5, 5.41) is 3.03. The molecule has 0 bridgehead atoms. The molecule has 1 N–H and O–H groups in total. The molecule has 2 atom stereocenters. The van der Waals surface area contributed by atoms with Crippen molar-refractivity contribution in [1.82, 2.24) is 14.5 Å². The van der Waals surface area contributed by atoms with E-state index < -0.39 is 11.5 Å². The topological polar surface area (TPSA) is 85.7 Å². The van der Waals surface area contributed by atoms with Crippen LogP contribution in [0.1, 0.15) is 29.4 Å². The Bertz CT molecular complexity index is 1250. The maximum Gasteiger partial charge on any atom is 0.237 e. The van der Waals surface area contributed by atoms with Crippen molar-refractivity contribution in [2.24, 2.45) is 7.05 Å². The van der Waals surface area contributed by atoms with E-state index in [4.69, 9.17) is 9.47 Å². The Kier molecular flexibility index (Phi) is 4.05. The Morgan fingerprint density at radius 3 is 2.91 bits per heavy atom.